The first-order valence-electron chi connectivity index (χ1n) is 15.2. The second-order valence-electron chi connectivity index (χ2n) is 13.3. The van der Waals surface area contributed by atoms with Gasteiger partial charge in [-0.3, -0.25) is 4.79 Å². The van der Waals surface area contributed by atoms with Crippen LogP contribution in [0.1, 0.15) is 58.6 Å². The summed E-state index contributed by atoms with van der Waals surface area (Å²) in [5.74, 6) is -0.934. The van der Waals surface area contributed by atoms with E-state index in [0.717, 1.165) is 31.3 Å². The van der Waals surface area contributed by atoms with Gasteiger partial charge in [-0.15, -0.1) is 0 Å². The third-order valence-electron chi connectivity index (χ3n) is 7.83. The van der Waals surface area contributed by atoms with Gasteiger partial charge < -0.3 is 24.8 Å². The molecular formula is C35H39ClFN5O4. The van der Waals surface area contributed by atoms with Crippen molar-refractivity contribution >= 4 is 51.1 Å². The number of rotatable bonds is 7. The molecule has 0 aliphatic carbocycles. The number of piperidine rings is 1. The number of benzene rings is 2. The lowest BCUT2D eigenvalue weighted by Gasteiger charge is -2.40. The number of carboxylic acids is 1. The van der Waals surface area contributed by atoms with Crippen molar-refractivity contribution in [3.63, 3.8) is 0 Å². The first kappa shape index (κ1) is 33.1. The lowest BCUT2D eigenvalue weighted by molar-refractivity contribution is -0.136. The van der Waals surface area contributed by atoms with Crippen LogP contribution in [0.5, 0.6) is 0 Å². The van der Waals surface area contributed by atoms with Gasteiger partial charge in [0.05, 0.1) is 17.7 Å². The molecule has 6 rings (SSSR count). The first-order chi connectivity index (χ1) is 21.7. The van der Waals surface area contributed by atoms with E-state index in [1.54, 1.807) is 33.0 Å². The minimum atomic E-state index is -1.000. The number of fused-ring (bicyclic) bond motifs is 3. The molecule has 5 aromatic rings. The topological polar surface area (TPSA) is 125 Å². The minimum absolute atomic E-state index is 0.152. The molecule has 46 heavy (non-hydrogen) atoms. The highest BCUT2D eigenvalue weighted by Crippen LogP contribution is 2.41. The fourth-order valence-electron chi connectivity index (χ4n) is 5.42. The number of hydrogen-bond acceptors (Lipinski definition) is 8. The summed E-state index contributed by atoms with van der Waals surface area (Å²) in [7, 11) is 0. The summed E-state index contributed by atoms with van der Waals surface area (Å²) < 4.78 is 21.5. The number of pyridine rings is 1. The number of nitrogens with zero attached hydrogens (tertiary/aromatic N) is 4. The van der Waals surface area contributed by atoms with Gasteiger partial charge in [0.2, 0.25) is 0 Å². The molecule has 0 spiro atoms. The molecule has 2 aromatic carbocycles. The second-order valence-corrected chi connectivity index (χ2v) is 13.7. The van der Waals surface area contributed by atoms with Gasteiger partial charge >= 0.3 is 5.97 Å². The standard InChI is InChI=1S/C31H29ClFN5O3.C4H10O/c1-31(2)9-11-38(12-10-31)27-21(14-25(39)40)29(32)34-16-22(27)18-7-8-19(23(33)13-18)15-35-30-28-26(36-17-37-30)20-5-3-4-6-24(20)41-28;1-4(2,3)5/h3-8,13,16-17H,9-12,14-15H2,1-2H3,(H,39,40)(H,35,36,37);5H,1-3H3. The number of aromatic nitrogens is 3. The highest BCUT2D eigenvalue weighted by molar-refractivity contribution is 6.31. The average Bonchev–Trinajstić information content (AvgIpc) is 3.36. The monoisotopic (exact) mass is 647 g/mol. The Morgan fingerprint density at radius 3 is 2.48 bits per heavy atom. The van der Waals surface area contributed by atoms with Gasteiger partial charge in [0.25, 0.3) is 0 Å². The van der Waals surface area contributed by atoms with Crippen molar-refractivity contribution in [1.29, 1.82) is 0 Å². The van der Waals surface area contributed by atoms with Crippen LogP contribution in [-0.4, -0.2) is 49.8 Å². The Labute approximate surface area is 272 Å². The Kier molecular flexibility index (Phi) is 9.51. The molecule has 1 fully saturated rings. The molecule has 242 valence electrons. The van der Waals surface area contributed by atoms with Crippen molar-refractivity contribution in [2.75, 3.05) is 23.3 Å². The highest BCUT2D eigenvalue weighted by Gasteiger charge is 2.30. The number of para-hydroxylation sites is 1. The summed E-state index contributed by atoms with van der Waals surface area (Å²) in [6.07, 6.45) is 4.68. The van der Waals surface area contributed by atoms with E-state index >= 15 is 4.39 Å². The number of carboxylic acid groups (broad SMARTS) is 1. The molecule has 0 saturated carbocycles. The van der Waals surface area contributed by atoms with E-state index in [2.05, 4.69) is 39.0 Å². The van der Waals surface area contributed by atoms with E-state index in [1.165, 1.54) is 12.4 Å². The van der Waals surface area contributed by atoms with Crippen LogP contribution >= 0.6 is 11.6 Å². The number of aliphatic carboxylic acids is 1. The molecule has 1 saturated heterocycles. The Bertz CT molecular complexity index is 1870. The van der Waals surface area contributed by atoms with Crippen LogP contribution in [0, 0.1) is 11.2 Å². The van der Waals surface area contributed by atoms with Crippen LogP contribution in [0.15, 0.2) is 59.4 Å². The second kappa shape index (κ2) is 13.2. The molecule has 0 atom stereocenters. The molecule has 0 unspecified atom stereocenters. The summed E-state index contributed by atoms with van der Waals surface area (Å²) in [6, 6.07) is 12.6. The normalized spacial score (nSPS) is 14.7. The molecule has 3 N–H and O–H groups in total. The summed E-state index contributed by atoms with van der Waals surface area (Å²) in [4.78, 5) is 26.9. The zero-order chi connectivity index (χ0) is 33.2. The summed E-state index contributed by atoms with van der Waals surface area (Å²) in [6.45, 7) is 11.3. The van der Waals surface area contributed by atoms with Crippen molar-refractivity contribution < 1.29 is 23.8 Å². The molecule has 11 heteroatoms. The van der Waals surface area contributed by atoms with Crippen molar-refractivity contribution in [3.8, 4) is 11.1 Å². The number of nitrogens with one attached hydrogen (secondary N) is 1. The van der Waals surface area contributed by atoms with Crippen molar-refractivity contribution in [2.24, 2.45) is 5.41 Å². The molecule has 0 radical (unpaired) electrons. The molecule has 9 nitrogen and oxygen atoms in total. The van der Waals surface area contributed by atoms with Crippen LogP contribution in [0.3, 0.4) is 0 Å². The fraction of sp³-hybridized carbons (Fsp3) is 0.371. The molecule has 0 bridgehead atoms. The van der Waals surface area contributed by atoms with Gasteiger partial charge in [-0.1, -0.05) is 49.7 Å². The van der Waals surface area contributed by atoms with E-state index in [4.69, 9.17) is 21.1 Å². The lowest BCUT2D eigenvalue weighted by Crippen LogP contribution is -2.38. The van der Waals surface area contributed by atoms with E-state index in [9.17, 15) is 9.90 Å². The van der Waals surface area contributed by atoms with Gasteiger partial charge in [0.15, 0.2) is 11.4 Å². The molecule has 4 heterocycles. The van der Waals surface area contributed by atoms with E-state index in [0.29, 0.717) is 50.4 Å². The summed E-state index contributed by atoms with van der Waals surface area (Å²) >= 11 is 6.43. The third kappa shape index (κ3) is 7.74. The molecule has 1 aliphatic heterocycles. The molecule has 1 aliphatic rings. The number of halogens is 2. The number of furan rings is 1. The van der Waals surface area contributed by atoms with Crippen molar-refractivity contribution in [1.82, 2.24) is 15.0 Å². The van der Waals surface area contributed by atoms with Gasteiger partial charge in [0.1, 0.15) is 28.4 Å². The summed E-state index contributed by atoms with van der Waals surface area (Å²) in [5.41, 5.74) is 4.45. The zero-order valence-electron chi connectivity index (χ0n) is 26.7. The van der Waals surface area contributed by atoms with Gasteiger partial charge in [-0.25, -0.2) is 19.3 Å². The summed E-state index contributed by atoms with van der Waals surface area (Å²) in [5, 5.41) is 22.4. The van der Waals surface area contributed by atoms with Crippen LogP contribution in [0.2, 0.25) is 5.15 Å². The molecular weight excluding hydrogens is 609 g/mol. The number of carbonyl (C=O) groups is 1. The fourth-order valence-corrected chi connectivity index (χ4v) is 5.63. The van der Waals surface area contributed by atoms with Crippen LogP contribution < -0.4 is 10.2 Å². The maximum absolute atomic E-state index is 15.5. The third-order valence-corrected chi connectivity index (χ3v) is 8.15. The maximum Gasteiger partial charge on any atom is 0.308 e. The quantitative estimate of drug-likeness (QED) is 0.151. The van der Waals surface area contributed by atoms with Crippen molar-refractivity contribution in [2.45, 2.75) is 66.0 Å². The Balaban J connectivity index is 0.000000775. The molecule has 3 aromatic heterocycles. The predicted octanol–water partition coefficient (Wildman–Crippen LogP) is 7.87. The number of anilines is 2. The van der Waals surface area contributed by atoms with Crippen molar-refractivity contribution in [3.05, 3.63) is 77.1 Å². The zero-order valence-corrected chi connectivity index (χ0v) is 27.5. The van der Waals surface area contributed by atoms with Crippen LogP contribution in [0.4, 0.5) is 15.9 Å². The number of hydrogen-bond donors (Lipinski definition) is 3. The molecule has 0 amide bonds. The van der Waals surface area contributed by atoms with E-state index in [-0.39, 0.29) is 23.5 Å². The van der Waals surface area contributed by atoms with E-state index < -0.39 is 17.4 Å². The minimum Gasteiger partial charge on any atom is -0.481 e. The lowest BCUT2D eigenvalue weighted by atomic mass is 9.82. The van der Waals surface area contributed by atoms with Crippen LogP contribution in [-0.2, 0) is 17.8 Å². The Morgan fingerprint density at radius 1 is 1.11 bits per heavy atom. The van der Waals surface area contributed by atoms with Gasteiger partial charge in [0, 0.05) is 47.9 Å². The predicted molar refractivity (Wildman–Crippen MR) is 180 cm³/mol. The SMILES string of the molecule is CC(C)(C)O.CC1(C)CCN(c2c(-c3ccc(CNc4ncnc5c4oc4ccccc45)c(F)c3)cnc(Cl)c2CC(=O)O)CC1. The first-order valence-corrected chi connectivity index (χ1v) is 15.6. The Hall–Kier alpha value is -4.28. The number of aliphatic hydroxyl groups is 1. The maximum atomic E-state index is 15.5. The van der Waals surface area contributed by atoms with Gasteiger partial charge in [-0.2, -0.15) is 0 Å². The van der Waals surface area contributed by atoms with E-state index in [1.807, 2.05) is 30.3 Å². The Morgan fingerprint density at radius 2 is 1.80 bits per heavy atom. The average molecular weight is 648 g/mol. The smallest absolute Gasteiger partial charge is 0.308 e. The van der Waals surface area contributed by atoms with Gasteiger partial charge in [-0.05, 0) is 62.8 Å². The van der Waals surface area contributed by atoms with Crippen LogP contribution in [0.25, 0.3) is 33.2 Å². The largest absolute Gasteiger partial charge is 0.481 e. The highest BCUT2D eigenvalue weighted by atomic mass is 35.5.